The maximum absolute atomic E-state index is 5.91. The van der Waals surface area contributed by atoms with E-state index >= 15 is 0 Å². The number of hydrogen-bond donors (Lipinski definition) is 2. The molecule has 1 rings (SSSR count). The van der Waals surface area contributed by atoms with Gasteiger partial charge in [-0.25, -0.2) is 0 Å². The Morgan fingerprint density at radius 3 is 2.60 bits per heavy atom. The van der Waals surface area contributed by atoms with Gasteiger partial charge in [0.2, 0.25) is 0 Å². The van der Waals surface area contributed by atoms with Gasteiger partial charge in [0.05, 0.1) is 6.54 Å². The van der Waals surface area contributed by atoms with Crippen molar-refractivity contribution in [2.45, 2.75) is 32.9 Å². The number of ether oxygens (including phenoxy) is 1. The number of halogens is 2. The average Bonchev–Trinajstić information content (AvgIpc) is 2.34. The normalized spacial score (nSPS) is 12.6. The van der Waals surface area contributed by atoms with E-state index in [0.717, 1.165) is 11.7 Å². The molecule has 0 amide bonds. The van der Waals surface area contributed by atoms with Crippen LogP contribution in [0.3, 0.4) is 0 Å². The first-order chi connectivity index (χ1) is 9.01. The quantitative estimate of drug-likeness (QED) is 0.444. The summed E-state index contributed by atoms with van der Waals surface area (Å²) in [5, 5.41) is 7.11. The topological polar surface area (TPSA) is 45.7 Å². The molecule has 2 N–H and O–H groups in total. The van der Waals surface area contributed by atoms with Crippen LogP contribution < -0.4 is 15.4 Å². The zero-order valence-corrected chi connectivity index (χ0v) is 15.4. The number of guanidine groups is 1. The maximum atomic E-state index is 5.91. The molecule has 1 aromatic carbocycles. The van der Waals surface area contributed by atoms with E-state index < -0.39 is 0 Å². The number of benzene rings is 1. The van der Waals surface area contributed by atoms with E-state index in [9.17, 15) is 0 Å². The summed E-state index contributed by atoms with van der Waals surface area (Å²) in [7, 11) is 1.75. The first-order valence-corrected chi connectivity index (χ1v) is 6.78. The molecule has 0 aliphatic heterocycles. The lowest BCUT2D eigenvalue weighted by molar-refractivity contribution is 0.224. The summed E-state index contributed by atoms with van der Waals surface area (Å²) < 4.78 is 5.77. The summed E-state index contributed by atoms with van der Waals surface area (Å²) in [4.78, 5) is 4.14. The third kappa shape index (κ3) is 7.79. The third-order valence-corrected chi connectivity index (χ3v) is 2.57. The van der Waals surface area contributed by atoms with E-state index in [4.69, 9.17) is 16.3 Å². The molecular weight excluding hydrogens is 389 g/mol. The van der Waals surface area contributed by atoms with Crippen LogP contribution in [0.15, 0.2) is 29.3 Å². The summed E-state index contributed by atoms with van der Waals surface area (Å²) in [6.07, 6.45) is 0.0178. The second-order valence-electron chi connectivity index (χ2n) is 4.64. The number of nitrogens with one attached hydrogen (secondary N) is 2. The molecule has 1 atom stereocenters. The van der Waals surface area contributed by atoms with E-state index in [1.165, 1.54) is 0 Å². The summed E-state index contributed by atoms with van der Waals surface area (Å²) in [5.74, 6) is 1.55. The van der Waals surface area contributed by atoms with Crippen LogP contribution in [0.25, 0.3) is 0 Å². The second kappa shape index (κ2) is 10.1. The van der Waals surface area contributed by atoms with Gasteiger partial charge in [0, 0.05) is 18.1 Å². The van der Waals surface area contributed by atoms with Crippen LogP contribution in [-0.4, -0.2) is 31.7 Å². The number of rotatable bonds is 5. The molecule has 0 fully saturated rings. The van der Waals surface area contributed by atoms with E-state index in [1.54, 1.807) is 13.1 Å². The Morgan fingerprint density at radius 2 is 2.05 bits per heavy atom. The predicted molar refractivity (Wildman–Crippen MR) is 96.6 cm³/mol. The van der Waals surface area contributed by atoms with Crippen LogP contribution in [0.1, 0.15) is 20.8 Å². The first kappa shape index (κ1) is 19.3. The van der Waals surface area contributed by atoms with Crippen LogP contribution in [0.5, 0.6) is 5.75 Å². The summed E-state index contributed by atoms with van der Waals surface area (Å²) >= 11 is 5.91. The zero-order valence-electron chi connectivity index (χ0n) is 12.3. The highest BCUT2D eigenvalue weighted by Gasteiger charge is 2.06. The second-order valence-corrected chi connectivity index (χ2v) is 5.07. The van der Waals surface area contributed by atoms with Crippen molar-refractivity contribution in [3.05, 3.63) is 29.3 Å². The molecule has 4 nitrogen and oxygen atoms in total. The molecule has 0 spiro atoms. The van der Waals surface area contributed by atoms with Crippen molar-refractivity contribution in [1.29, 1.82) is 0 Å². The third-order valence-electron chi connectivity index (χ3n) is 2.34. The van der Waals surface area contributed by atoms with Crippen LogP contribution >= 0.6 is 35.6 Å². The molecule has 6 heteroatoms. The number of hydrogen-bond acceptors (Lipinski definition) is 2. The Kier molecular flexibility index (Phi) is 9.75. The Morgan fingerprint density at radius 1 is 1.35 bits per heavy atom. The lowest BCUT2D eigenvalue weighted by Gasteiger charge is -2.19. The van der Waals surface area contributed by atoms with Gasteiger partial charge in [-0.3, -0.25) is 4.99 Å². The van der Waals surface area contributed by atoms with E-state index in [1.807, 2.05) is 25.1 Å². The maximum Gasteiger partial charge on any atom is 0.191 e. The molecule has 1 unspecified atom stereocenters. The molecule has 0 saturated carbocycles. The Labute approximate surface area is 143 Å². The van der Waals surface area contributed by atoms with Gasteiger partial charge in [0.1, 0.15) is 11.9 Å². The minimum absolute atomic E-state index is 0. The van der Waals surface area contributed by atoms with Gasteiger partial charge < -0.3 is 15.4 Å². The summed E-state index contributed by atoms with van der Waals surface area (Å²) in [5.41, 5.74) is 0. The van der Waals surface area contributed by atoms with Crippen molar-refractivity contribution in [2.24, 2.45) is 4.99 Å². The highest BCUT2D eigenvalue weighted by molar-refractivity contribution is 14.0. The Bertz CT molecular complexity index is 427. The van der Waals surface area contributed by atoms with Gasteiger partial charge in [-0.2, -0.15) is 0 Å². The molecule has 0 saturated heterocycles. The fourth-order valence-corrected chi connectivity index (χ4v) is 1.70. The zero-order chi connectivity index (χ0) is 14.3. The number of nitrogens with zero attached hydrogens (tertiary/aromatic N) is 1. The smallest absolute Gasteiger partial charge is 0.191 e. The Hall–Kier alpha value is -0.690. The van der Waals surface area contributed by atoms with Crippen molar-refractivity contribution in [1.82, 2.24) is 10.6 Å². The van der Waals surface area contributed by atoms with Gasteiger partial charge in [-0.15, -0.1) is 24.0 Å². The molecule has 20 heavy (non-hydrogen) atoms. The lowest BCUT2D eigenvalue weighted by atomic mass is 10.3. The van der Waals surface area contributed by atoms with E-state index in [-0.39, 0.29) is 30.1 Å². The van der Waals surface area contributed by atoms with Gasteiger partial charge in [-0.05, 0) is 39.0 Å². The Balaban J connectivity index is 0.00000361. The molecule has 0 aromatic heterocycles. The molecule has 0 radical (unpaired) electrons. The summed E-state index contributed by atoms with van der Waals surface area (Å²) in [6.45, 7) is 6.80. The summed E-state index contributed by atoms with van der Waals surface area (Å²) in [6, 6.07) is 7.74. The van der Waals surface area contributed by atoms with Crippen molar-refractivity contribution < 1.29 is 4.74 Å². The molecule has 1 aromatic rings. The minimum atomic E-state index is 0. The SMILES string of the molecule is CN=C(NCC(C)Oc1cccc(Cl)c1)NC(C)C.I. The molecule has 114 valence electrons. The lowest BCUT2D eigenvalue weighted by Crippen LogP contribution is -2.44. The molecule has 0 aliphatic carbocycles. The van der Waals surface area contributed by atoms with Crippen molar-refractivity contribution in [3.8, 4) is 5.75 Å². The largest absolute Gasteiger partial charge is 0.489 e. The molecule has 0 bridgehead atoms. The van der Waals surface area contributed by atoms with Gasteiger partial charge in [0.15, 0.2) is 5.96 Å². The first-order valence-electron chi connectivity index (χ1n) is 6.40. The standard InChI is InChI=1S/C14H22ClN3O.HI/c1-10(2)18-14(16-4)17-9-11(3)19-13-7-5-6-12(15)8-13;/h5-8,10-11H,9H2,1-4H3,(H2,16,17,18);1H. The van der Waals surface area contributed by atoms with Gasteiger partial charge in [-0.1, -0.05) is 17.7 Å². The van der Waals surface area contributed by atoms with Crippen LogP contribution in [0.2, 0.25) is 5.02 Å². The van der Waals surface area contributed by atoms with Crippen molar-refractivity contribution in [3.63, 3.8) is 0 Å². The highest BCUT2D eigenvalue weighted by atomic mass is 127. The fourth-order valence-electron chi connectivity index (χ4n) is 1.52. The fraction of sp³-hybridized carbons (Fsp3) is 0.500. The van der Waals surface area contributed by atoms with Crippen LogP contribution in [0.4, 0.5) is 0 Å². The monoisotopic (exact) mass is 411 g/mol. The van der Waals surface area contributed by atoms with Gasteiger partial charge >= 0.3 is 0 Å². The average molecular weight is 412 g/mol. The molecule has 0 aliphatic rings. The van der Waals surface area contributed by atoms with E-state index in [2.05, 4.69) is 29.5 Å². The minimum Gasteiger partial charge on any atom is -0.489 e. The van der Waals surface area contributed by atoms with Gasteiger partial charge in [0.25, 0.3) is 0 Å². The highest BCUT2D eigenvalue weighted by Crippen LogP contribution is 2.18. The number of aliphatic imine (C=N–C) groups is 1. The van der Waals surface area contributed by atoms with Crippen molar-refractivity contribution in [2.75, 3.05) is 13.6 Å². The van der Waals surface area contributed by atoms with E-state index in [0.29, 0.717) is 17.6 Å². The van der Waals surface area contributed by atoms with Crippen LogP contribution in [-0.2, 0) is 0 Å². The molecular formula is C14H23ClIN3O. The molecule has 0 heterocycles. The van der Waals surface area contributed by atoms with Crippen LogP contribution in [0, 0.1) is 0 Å². The van der Waals surface area contributed by atoms with Crippen molar-refractivity contribution >= 4 is 41.5 Å². The predicted octanol–water partition coefficient (Wildman–Crippen LogP) is 3.30.